The number of ether oxygens (including phenoxy) is 1. The molecule has 7 heteroatoms. The summed E-state index contributed by atoms with van der Waals surface area (Å²) in [6.45, 7) is 8.55. The molecule has 0 amide bonds. The molecule has 7 nitrogen and oxygen atoms in total. The van der Waals surface area contributed by atoms with Gasteiger partial charge in [0.2, 0.25) is 11.8 Å². The minimum absolute atomic E-state index is 0.0665. The lowest BCUT2D eigenvalue weighted by atomic mass is 10.1. The van der Waals surface area contributed by atoms with E-state index in [-0.39, 0.29) is 18.2 Å². The summed E-state index contributed by atoms with van der Waals surface area (Å²) in [7, 11) is 0. The Bertz CT molecular complexity index is 1140. The number of piperazine rings is 1. The van der Waals surface area contributed by atoms with Gasteiger partial charge in [0, 0.05) is 54.8 Å². The number of rotatable bonds is 7. The summed E-state index contributed by atoms with van der Waals surface area (Å²) in [5, 5.41) is 0. The van der Waals surface area contributed by atoms with Gasteiger partial charge in [0.05, 0.1) is 0 Å². The van der Waals surface area contributed by atoms with Crippen LogP contribution in [-0.4, -0.2) is 54.3 Å². The smallest absolute Gasteiger partial charge is 0.228 e. The number of anilines is 2. The standard InChI is InChI=1S/C26H28N4O3/c1-18-4-6-22(7-5-18)24(32)17-33-25-16-19(2)27-26(28-25)30-14-12-29(13-15-30)23-10-8-21(9-11-23)20(3)31/h4-11,16H,12-15,17H2,1-3H3. The van der Waals surface area contributed by atoms with Crippen molar-refractivity contribution >= 4 is 23.2 Å². The molecule has 2 aromatic carbocycles. The van der Waals surface area contributed by atoms with E-state index in [9.17, 15) is 9.59 Å². The maximum absolute atomic E-state index is 12.4. The van der Waals surface area contributed by atoms with E-state index in [0.29, 0.717) is 17.4 Å². The number of aromatic nitrogens is 2. The predicted molar refractivity (Wildman–Crippen MR) is 129 cm³/mol. The molecule has 0 saturated carbocycles. The van der Waals surface area contributed by atoms with Crippen LogP contribution in [0, 0.1) is 13.8 Å². The number of carbonyl (C=O) groups is 2. The zero-order chi connectivity index (χ0) is 23.4. The van der Waals surface area contributed by atoms with Crippen molar-refractivity contribution < 1.29 is 14.3 Å². The molecule has 33 heavy (non-hydrogen) atoms. The molecule has 0 aliphatic carbocycles. The van der Waals surface area contributed by atoms with Gasteiger partial charge in [-0.3, -0.25) is 9.59 Å². The second kappa shape index (κ2) is 9.81. The molecule has 1 aromatic heterocycles. The van der Waals surface area contributed by atoms with Crippen molar-refractivity contribution in [3.63, 3.8) is 0 Å². The van der Waals surface area contributed by atoms with Gasteiger partial charge in [0.1, 0.15) is 0 Å². The molecule has 1 aliphatic rings. The fourth-order valence-corrected chi connectivity index (χ4v) is 3.77. The molecule has 0 spiro atoms. The van der Waals surface area contributed by atoms with Crippen LogP contribution in [0.1, 0.15) is 38.9 Å². The summed E-state index contributed by atoms with van der Waals surface area (Å²) in [6, 6.07) is 16.9. The van der Waals surface area contributed by atoms with Gasteiger partial charge < -0.3 is 14.5 Å². The number of hydrogen-bond acceptors (Lipinski definition) is 7. The molecule has 3 aromatic rings. The van der Waals surface area contributed by atoms with Crippen molar-refractivity contribution in [2.24, 2.45) is 0 Å². The zero-order valence-corrected chi connectivity index (χ0v) is 19.2. The summed E-state index contributed by atoms with van der Waals surface area (Å²) in [4.78, 5) is 37.5. The van der Waals surface area contributed by atoms with Crippen molar-refractivity contribution in [3.8, 4) is 5.88 Å². The lowest BCUT2D eigenvalue weighted by Crippen LogP contribution is -2.47. The minimum Gasteiger partial charge on any atom is -0.469 e. The van der Waals surface area contributed by atoms with Gasteiger partial charge in [-0.1, -0.05) is 29.8 Å². The average molecular weight is 445 g/mol. The van der Waals surface area contributed by atoms with Gasteiger partial charge in [-0.05, 0) is 45.0 Å². The third kappa shape index (κ3) is 5.55. The summed E-state index contributed by atoms with van der Waals surface area (Å²) in [5.41, 5.74) is 4.35. The molecule has 2 heterocycles. The van der Waals surface area contributed by atoms with E-state index in [2.05, 4.69) is 19.8 Å². The highest BCUT2D eigenvalue weighted by atomic mass is 16.5. The van der Waals surface area contributed by atoms with Crippen molar-refractivity contribution in [2.75, 3.05) is 42.6 Å². The molecule has 0 atom stereocenters. The highest BCUT2D eigenvalue weighted by Gasteiger charge is 2.20. The lowest BCUT2D eigenvalue weighted by Gasteiger charge is -2.36. The summed E-state index contributed by atoms with van der Waals surface area (Å²) in [5.74, 6) is 0.998. The number of hydrogen-bond donors (Lipinski definition) is 0. The maximum atomic E-state index is 12.4. The number of aryl methyl sites for hydroxylation is 2. The first kappa shape index (κ1) is 22.5. The Balaban J connectivity index is 1.37. The van der Waals surface area contributed by atoms with E-state index in [1.807, 2.05) is 62.4 Å². The second-order valence-electron chi connectivity index (χ2n) is 8.30. The molecular formula is C26H28N4O3. The lowest BCUT2D eigenvalue weighted by molar-refractivity contribution is 0.0917. The molecule has 170 valence electrons. The molecule has 0 bridgehead atoms. The van der Waals surface area contributed by atoms with Crippen LogP contribution >= 0.6 is 0 Å². The van der Waals surface area contributed by atoms with E-state index in [0.717, 1.165) is 48.7 Å². The first-order chi connectivity index (χ1) is 15.9. The van der Waals surface area contributed by atoms with Gasteiger partial charge in [-0.25, -0.2) is 4.98 Å². The van der Waals surface area contributed by atoms with Crippen molar-refractivity contribution in [1.29, 1.82) is 0 Å². The Morgan fingerprint density at radius 2 is 1.45 bits per heavy atom. The topological polar surface area (TPSA) is 75.6 Å². The van der Waals surface area contributed by atoms with E-state index in [4.69, 9.17) is 4.74 Å². The second-order valence-corrected chi connectivity index (χ2v) is 8.30. The molecule has 1 aliphatic heterocycles. The first-order valence-corrected chi connectivity index (χ1v) is 11.1. The zero-order valence-electron chi connectivity index (χ0n) is 19.2. The Kier molecular flexibility index (Phi) is 6.68. The Labute approximate surface area is 194 Å². The summed E-state index contributed by atoms with van der Waals surface area (Å²) < 4.78 is 5.72. The quantitative estimate of drug-likeness (QED) is 0.512. The van der Waals surface area contributed by atoms with Crippen LogP contribution in [0.3, 0.4) is 0 Å². The Morgan fingerprint density at radius 3 is 2.09 bits per heavy atom. The summed E-state index contributed by atoms with van der Waals surface area (Å²) in [6.07, 6.45) is 0. The fraction of sp³-hybridized carbons (Fsp3) is 0.308. The third-order valence-electron chi connectivity index (χ3n) is 5.75. The van der Waals surface area contributed by atoms with Gasteiger partial charge in [-0.2, -0.15) is 4.98 Å². The van der Waals surface area contributed by atoms with Crippen LogP contribution in [-0.2, 0) is 0 Å². The van der Waals surface area contributed by atoms with Crippen LogP contribution in [0.4, 0.5) is 11.6 Å². The first-order valence-electron chi connectivity index (χ1n) is 11.1. The van der Waals surface area contributed by atoms with Crippen LogP contribution in [0.2, 0.25) is 0 Å². The largest absolute Gasteiger partial charge is 0.469 e. The SMILES string of the molecule is CC(=O)c1ccc(N2CCN(c3nc(C)cc(OCC(=O)c4ccc(C)cc4)n3)CC2)cc1. The highest BCUT2D eigenvalue weighted by Crippen LogP contribution is 2.21. The van der Waals surface area contributed by atoms with E-state index < -0.39 is 0 Å². The summed E-state index contributed by atoms with van der Waals surface area (Å²) >= 11 is 0. The van der Waals surface area contributed by atoms with Gasteiger partial charge >= 0.3 is 0 Å². The van der Waals surface area contributed by atoms with Crippen molar-refractivity contribution in [1.82, 2.24) is 9.97 Å². The van der Waals surface area contributed by atoms with Crippen LogP contribution in [0.5, 0.6) is 5.88 Å². The van der Waals surface area contributed by atoms with Crippen molar-refractivity contribution in [3.05, 3.63) is 77.0 Å². The van der Waals surface area contributed by atoms with E-state index in [1.165, 1.54) is 0 Å². The molecule has 4 rings (SSSR count). The Morgan fingerprint density at radius 1 is 0.848 bits per heavy atom. The third-order valence-corrected chi connectivity index (χ3v) is 5.75. The Hall–Kier alpha value is -3.74. The average Bonchev–Trinajstić information content (AvgIpc) is 2.83. The molecule has 0 unspecified atom stereocenters. The number of benzene rings is 2. The number of carbonyl (C=O) groups excluding carboxylic acids is 2. The van der Waals surface area contributed by atoms with Crippen molar-refractivity contribution in [2.45, 2.75) is 20.8 Å². The van der Waals surface area contributed by atoms with E-state index in [1.54, 1.807) is 13.0 Å². The molecule has 1 saturated heterocycles. The van der Waals surface area contributed by atoms with Gasteiger partial charge in [0.15, 0.2) is 18.2 Å². The normalized spacial score (nSPS) is 13.7. The predicted octanol–water partition coefficient (Wildman–Crippen LogP) is 3.88. The molecule has 0 radical (unpaired) electrons. The minimum atomic E-state index is -0.0859. The van der Waals surface area contributed by atoms with Crippen LogP contribution in [0.15, 0.2) is 54.6 Å². The van der Waals surface area contributed by atoms with E-state index >= 15 is 0 Å². The monoisotopic (exact) mass is 444 g/mol. The number of nitrogens with zero attached hydrogens (tertiary/aromatic N) is 4. The number of Topliss-reactive ketones (excluding diaryl/α,β-unsaturated/α-hetero) is 2. The van der Waals surface area contributed by atoms with Gasteiger partial charge in [-0.15, -0.1) is 0 Å². The molecule has 0 N–H and O–H groups in total. The van der Waals surface area contributed by atoms with Gasteiger partial charge in [0.25, 0.3) is 0 Å². The number of ketones is 2. The van der Waals surface area contributed by atoms with Crippen LogP contribution < -0.4 is 14.5 Å². The highest BCUT2D eigenvalue weighted by molar-refractivity contribution is 5.97. The molecule has 1 fully saturated rings. The maximum Gasteiger partial charge on any atom is 0.228 e. The fourth-order valence-electron chi connectivity index (χ4n) is 3.77. The van der Waals surface area contributed by atoms with Crippen LogP contribution in [0.25, 0.3) is 0 Å². The molecular weight excluding hydrogens is 416 g/mol.